The number of hydrogen-bond acceptors (Lipinski definition) is 15. The molecule has 16 nitrogen and oxygen atoms in total. The average Bonchev–Trinajstić information content (AvgIpc) is 3.19. The van der Waals surface area contributed by atoms with E-state index >= 15 is 0 Å². The van der Waals surface area contributed by atoms with E-state index in [1.807, 2.05) is 0 Å². The van der Waals surface area contributed by atoms with Crippen LogP contribution in [0.5, 0.6) is 0 Å². The molecular formula is C38H56F3NO15. The van der Waals surface area contributed by atoms with Crippen molar-refractivity contribution in [3.63, 3.8) is 0 Å². The number of halogens is 3. The lowest BCUT2D eigenvalue weighted by molar-refractivity contribution is -0.142. The second-order valence-corrected chi connectivity index (χ2v) is 11.5. The van der Waals surface area contributed by atoms with Crippen LogP contribution in [0.25, 0.3) is 0 Å². The number of benzene rings is 2. The highest BCUT2D eigenvalue weighted by Crippen LogP contribution is 2.32. The Morgan fingerprint density at radius 3 is 1.25 bits per heavy atom. The lowest BCUT2D eigenvalue weighted by atomic mass is 10.1. The van der Waals surface area contributed by atoms with Crippen molar-refractivity contribution in [3.8, 4) is 0 Å². The number of rotatable bonds is 38. The minimum absolute atomic E-state index is 0.0101. The van der Waals surface area contributed by atoms with E-state index in [1.165, 1.54) is 18.2 Å². The quantitative estimate of drug-likeness (QED) is 0.0737. The summed E-state index contributed by atoms with van der Waals surface area (Å²) in [5.41, 5.74) is -0.115. The number of ether oxygens (including phenoxy) is 12. The van der Waals surface area contributed by atoms with Crippen LogP contribution in [0.3, 0.4) is 0 Å². The first-order valence-corrected chi connectivity index (χ1v) is 18.5. The number of carboxylic acid groups (broad SMARTS) is 1. The van der Waals surface area contributed by atoms with Crippen molar-refractivity contribution in [2.24, 2.45) is 0 Å². The standard InChI is InChI=1S/C38H56F3NO15/c39-38(40,41)32-4-3-5-33(30-32)42-35-7-2-1-6-34(35)37(45)57-29-28-55-25-24-53-21-20-51-17-16-49-13-12-47-9-8-46-10-11-48-14-15-50-18-19-52-22-23-54-26-27-56-31-36(43)44/h1-7,30,42H,8-29,31H2,(H,43,44). The summed E-state index contributed by atoms with van der Waals surface area (Å²) in [6, 6.07) is 11.1. The van der Waals surface area contributed by atoms with Crippen LogP contribution in [0.2, 0.25) is 0 Å². The van der Waals surface area contributed by atoms with Crippen molar-refractivity contribution in [2.45, 2.75) is 6.18 Å². The predicted molar refractivity (Wildman–Crippen MR) is 198 cm³/mol. The fourth-order valence-electron chi connectivity index (χ4n) is 4.33. The van der Waals surface area contributed by atoms with Gasteiger partial charge in [-0.2, -0.15) is 13.2 Å². The summed E-state index contributed by atoms with van der Waals surface area (Å²) in [5, 5.41) is 11.3. The first kappa shape index (κ1) is 49.7. The van der Waals surface area contributed by atoms with Gasteiger partial charge in [-0.15, -0.1) is 0 Å². The molecule has 0 aliphatic heterocycles. The Kier molecular flexibility index (Phi) is 29.2. The zero-order chi connectivity index (χ0) is 41.1. The lowest BCUT2D eigenvalue weighted by Crippen LogP contribution is -2.16. The molecule has 0 aliphatic carbocycles. The maximum atomic E-state index is 13.1. The van der Waals surface area contributed by atoms with E-state index in [9.17, 15) is 22.8 Å². The van der Waals surface area contributed by atoms with E-state index in [0.717, 1.165) is 12.1 Å². The molecule has 0 fully saturated rings. The van der Waals surface area contributed by atoms with Crippen LogP contribution in [0.15, 0.2) is 48.5 Å². The van der Waals surface area contributed by atoms with E-state index in [0.29, 0.717) is 131 Å². The first-order chi connectivity index (χ1) is 27.8. The van der Waals surface area contributed by atoms with E-state index < -0.39 is 23.7 Å². The number of esters is 1. The van der Waals surface area contributed by atoms with Gasteiger partial charge in [0, 0.05) is 5.69 Å². The number of anilines is 2. The maximum Gasteiger partial charge on any atom is 0.416 e. The fraction of sp³-hybridized carbons (Fsp3) is 0.632. The zero-order valence-corrected chi connectivity index (χ0v) is 32.2. The molecule has 19 heteroatoms. The smallest absolute Gasteiger partial charge is 0.416 e. The normalized spacial score (nSPS) is 11.6. The first-order valence-electron chi connectivity index (χ1n) is 18.5. The van der Waals surface area contributed by atoms with Gasteiger partial charge in [-0.1, -0.05) is 18.2 Å². The second kappa shape index (κ2) is 33.5. The molecule has 0 spiro atoms. The summed E-state index contributed by atoms with van der Waals surface area (Å²) >= 11 is 0. The number of carbonyl (C=O) groups is 2. The molecule has 57 heavy (non-hydrogen) atoms. The summed E-state index contributed by atoms with van der Waals surface area (Å²) in [5.74, 6) is -1.65. The van der Waals surface area contributed by atoms with Gasteiger partial charge >= 0.3 is 18.1 Å². The Bertz CT molecular complexity index is 1310. The van der Waals surface area contributed by atoms with Gasteiger partial charge in [0.2, 0.25) is 0 Å². The van der Waals surface area contributed by atoms with Gasteiger partial charge in [-0.25, -0.2) is 9.59 Å². The van der Waals surface area contributed by atoms with Crippen molar-refractivity contribution in [2.75, 3.05) is 157 Å². The van der Waals surface area contributed by atoms with Gasteiger partial charge < -0.3 is 67.3 Å². The number of hydrogen-bond donors (Lipinski definition) is 2. The van der Waals surface area contributed by atoms with Gasteiger partial charge in [-0.05, 0) is 30.3 Å². The number of carboxylic acids is 1. The third kappa shape index (κ3) is 27.7. The van der Waals surface area contributed by atoms with Crippen LogP contribution in [-0.4, -0.2) is 169 Å². The van der Waals surface area contributed by atoms with Crippen LogP contribution in [0.1, 0.15) is 15.9 Å². The monoisotopic (exact) mass is 823 g/mol. The van der Waals surface area contributed by atoms with Crippen LogP contribution in [0, 0.1) is 0 Å². The molecule has 2 rings (SSSR count). The van der Waals surface area contributed by atoms with E-state index in [4.69, 9.17) is 61.9 Å². The van der Waals surface area contributed by atoms with Gasteiger partial charge in [0.05, 0.1) is 156 Å². The van der Waals surface area contributed by atoms with Crippen molar-refractivity contribution in [1.82, 2.24) is 0 Å². The van der Waals surface area contributed by atoms with E-state index in [-0.39, 0.29) is 37.7 Å². The molecule has 2 aromatic carbocycles. The maximum absolute atomic E-state index is 13.1. The Morgan fingerprint density at radius 2 is 0.860 bits per heavy atom. The second-order valence-electron chi connectivity index (χ2n) is 11.5. The SMILES string of the molecule is O=C(O)COCCOCCOCCOCCOCCOCCOCCOCCOCCOCCOCCOC(=O)c1ccccc1Nc1cccc(C(F)(F)F)c1. The molecule has 0 amide bonds. The van der Waals surface area contributed by atoms with Gasteiger partial charge in [0.1, 0.15) is 13.2 Å². The summed E-state index contributed by atoms with van der Waals surface area (Å²) in [6.07, 6.45) is -4.48. The van der Waals surface area contributed by atoms with Crippen LogP contribution < -0.4 is 5.32 Å². The predicted octanol–water partition coefficient (Wildman–Crippen LogP) is 3.87. The summed E-state index contributed by atoms with van der Waals surface area (Å²) in [4.78, 5) is 22.9. The van der Waals surface area contributed by atoms with Crippen molar-refractivity contribution < 1.29 is 84.7 Å². The minimum Gasteiger partial charge on any atom is -0.480 e. The number of carbonyl (C=O) groups excluding carboxylic acids is 1. The minimum atomic E-state index is -4.48. The molecule has 0 atom stereocenters. The Balaban J connectivity index is 1.27. The molecule has 2 N–H and O–H groups in total. The van der Waals surface area contributed by atoms with Gasteiger partial charge in [0.15, 0.2) is 0 Å². The van der Waals surface area contributed by atoms with Crippen molar-refractivity contribution >= 4 is 23.3 Å². The van der Waals surface area contributed by atoms with Crippen LogP contribution >= 0.6 is 0 Å². The molecule has 0 bridgehead atoms. The Labute approximate surface area is 331 Å². The van der Waals surface area contributed by atoms with Crippen LogP contribution in [0.4, 0.5) is 24.5 Å². The highest BCUT2D eigenvalue weighted by Gasteiger charge is 2.30. The summed E-state index contributed by atoms with van der Waals surface area (Å²) in [7, 11) is 0. The Hall–Kier alpha value is -3.47. The summed E-state index contributed by atoms with van der Waals surface area (Å²) in [6.45, 7) is 7.81. The molecular weight excluding hydrogens is 767 g/mol. The third-order valence-corrected chi connectivity index (χ3v) is 7.02. The van der Waals surface area contributed by atoms with Crippen LogP contribution in [-0.2, 0) is 67.8 Å². The number of para-hydroxylation sites is 1. The lowest BCUT2D eigenvalue weighted by Gasteiger charge is -2.13. The van der Waals surface area contributed by atoms with E-state index in [2.05, 4.69) is 5.32 Å². The molecule has 0 radical (unpaired) electrons. The molecule has 0 unspecified atom stereocenters. The van der Waals surface area contributed by atoms with Crippen molar-refractivity contribution in [1.29, 1.82) is 0 Å². The summed E-state index contributed by atoms with van der Waals surface area (Å²) < 4.78 is 103. The van der Waals surface area contributed by atoms with Crippen molar-refractivity contribution in [3.05, 3.63) is 59.7 Å². The van der Waals surface area contributed by atoms with E-state index in [1.54, 1.807) is 18.2 Å². The largest absolute Gasteiger partial charge is 0.480 e. The fourth-order valence-corrected chi connectivity index (χ4v) is 4.33. The molecule has 0 heterocycles. The Morgan fingerprint density at radius 1 is 0.491 bits per heavy atom. The van der Waals surface area contributed by atoms with Gasteiger partial charge in [-0.3, -0.25) is 0 Å². The highest BCUT2D eigenvalue weighted by atomic mass is 19.4. The number of aliphatic carboxylic acids is 1. The molecule has 2 aromatic rings. The van der Waals surface area contributed by atoms with Gasteiger partial charge in [0.25, 0.3) is 0 Å². The number of nitrogens with one attached hydrogen (secondary N) is 1. The molecule has 0 saturated heterocycles. The molecule has 0 aromatic heterocycles. The third-order valence-electron chi connectivity index (χ3n) is 7.02. The highest BCUT2D eigenvalue weighted by molar-refractivity contribution is 5.96. The average molecular weight is 824 g/mol. The molecule has 0 saturated carbocycles. The molecule has 0 aliphatic rings. The zero-order valence-electron chi connectivity index (χ0n) is 32.2. The molecule has 324 valence electrons. The topological polar surface area (TPSA) is 177 Å². The number of alkyl halides is 3.